The van der Waals surface area contributed by atoms with Gasteiger partial charge in [-0.3, -0.25) is 0 Å². The third-order valence-electron chi connectivity index (χ3n) is 2.46. The van der Waals surface area contributed by atoms with E-state index in [1.54, 1.807) is 12.1 Å². The van der Waals surface area contributed by atoms with E-state index in [0.29, 0.717) is 12.2 Å². The number of aryl methyl sites for hydroxylation is 1. The molecule has 1 aromatic heterocycles. The summed E-state index contributed by atoms with van der Waals surface area (Å²) in [5.41, 5.74) is 1.34. The molecule has 7 heteroatoms. The largest absolute Gasteiger partial charge is 0.478 e. The Balaban J connectivity index is 1.91. The number of amides is 2. The highest BCUT2D eigenvalue weighted by Gasteiger charge is 2.06. The first-order valence-electron chi connectivity index (χ1n) is 5.84. The molecule has 1 aromatic carbocycles. The van der Waals surface area contributed by atoms with Crippen LogP contribution in [-0.4, -0.2) is 22.1 Å². The minimum atomic E-state index is -1.04. The van der Waals surface area contributed by atoms with Gasteiger partial charge in [-0.05, 0) is 25.1 Å². The molecule has 1 heterocycles. The number of urea groups is 1. The van der Waals surface area contributed by atoms with Crippen LogP contribution in [0.15, 0.2) is 29.6 Å². The Hall–Kier alpha value is -2.41. The molecule has 2 rings (SSSR count). The second kappa shape index (κ2) is 6.16. The van der Waals surface area contributed by atoms with Crippen molar-refractivity contribution in [2.45, 2.75) is 13.5 Å². The zero-order valence-corrected chi connectivity index (χ0v) is 11.5. The lowest BCUT2D eigenvalue weighted by Crippen LogP contribution is -2.28. The predicted octanol–water partition coefficient (Wildman–Crippen LogP) is 2.47. The standard InChI is InChI=1S/C13H13N3O3S/c1-8-15-11(7-20-8)6-14-13(19)16-10-4-2-3-9(5-10)12(17)18/h2-5,7H,6H2,1H3,(H,17,18)(H2,14,16,19). The lowest BCUT2D eigenvalue weighted by atomic mass is 10.2. The number of thiazole rings is 1. The van der Waals surface area contributed by atoms with E-state index in [1.807, 2.05) is 12.3 Å². The fraction of sp³-hybridized carbons (Fsp3) is 0.154. The molecule has 20 heavy (non-hydrogen) atoms. The number of benzene rings is 1. The highest BCUT2D eigenvalue weighted by atomic mass is 32.1. The summed E-state index contributed by atoms with van der Waals surface area (Å²) in [6.07, 6.45) is 0. The Morgan fingerprint density at radius 3 is 2.85 bits per heavy atom. The Morgan fingerprint density at radius 1 is 1.40 bits per heavy atom. The van der Waals surface area contributed by atoms with Gasteiger partial charge >= 0.3 is 12.0 Å². The smallest absolute Gasteiger partial charge is 0.335 e. The first kappa shape index (κ1) is 14.0. The Kier molecular flexibility index (Phi) is 4.31. The number of anilines is 1. The van der Waals surface area contributed by atoms with Crippen molar-refractivity contribution in [3.05, 3.63) is 45.9 Å². The number of carboxylic acid groups (broad SMARTS) is 1. The quantitative estimate of drug-likeness (QED) is 0.807. The minimum Gasteiger partial charge on any atom is -0.478 e. The summed E-state index contributed by atoms with van der Waals surface area (Å²) in [6.45, 7) is 2.22. The van der Waals surface area contributed by atoms with Crippen molar-refractivity contribution in [1.29, 1.82) is 0 Å². The fourth-order valence-corrected chi connectivity index (χ4v) is 2.18. The molecule has 6 nitrogen and oxygen atoms in total. The van der Waals surface area contributed by atoms with Gasteiger partial charge in [0.05, 0.1) is 22.8 Å². The molecule has 104 valence electrons. The Labute approximate surface area is 119 Å². The van der Waals surface area contributed by atoms with Crippen LogP contribution in [0, 0.1) is 6.92 Å². The molecule has 3 N–H and O–H groups in total. The van der Waals surface area contributed by atoms with Crippen LogP contribution in [-0.2, 0) is 6.54 Å². The van der Waals surface area contributed by atoms with Crippen LogP contribution in [0.4, 0.5) is 10.5 Å². The van der Waals surface area contributed by atoms with E-state index in [4.69, 9.17) is 5.11 Å². The molecular formula is C13H13N3O3S. The van der Waals surface area contributed by atoms with Gasteiger partial charge in [0.25, 0.3) is 0 Å². The average molecular weight is 291 g/mol. The highest BCUT2D eigenvalue weighted by molar-refractivity contribution is 7.09. The third-order valence-corrected chi connectivity index (χ3v) is 3.29. The van der Waals surface area contributed by atoms with Gasteiger partial charge in [0.2, 0.25) is 0 Å². The molecule has 0 saturated carbocycles. The number of rotatable bonds is 4. The van der Waals surface area contributed by atoms with Crippen molar-refractivity contribution in [2.75, 3.05) is 5.32 Å². The molecular weight excluding hydrogens is 278 g/mol. The van der Waals surface area contributed by atoms with Gasteiger partial charge in [-0.2, -0.15) is 0 Å². The summed E-state index contributed by atoms with van der Waals surface area (Å²) in [5.74, 6) is -1.04. The summed E-state index contributed by atoms with van der Waals surface area (Å²) in [6, 6.07) is 5.65. The number of carbonyl (C=O) groups is 2. The van der Waals surface area contributed by atoms with Gasteiger partial charge in [0.15, 0.2) is 0 Å². The van der Waals surface area contributed by atoms with Crippen LogP contribution in [0.1, 0.15) is 21.1 Å². The van der Waals surface area contributed by atoms with Crippen LogP contribution in [0.25, 0.3) is 0 Å². The second-order valence-electron chi connectivity index (χ2n) is 4.05. The molecule has 0 atom stereocenters. The first-order chi connectivity index (χ1) is 9.54. The molecule has 0 aliphatic rings. The number of nitrogens with zero attached hydrogens (tertiary/aromatic N) is 1. The van der Waals surface area contributed by atoms with Crippen LogP contribution in [0.5, 0.6) is 0 Å². The zero-order valence-electron chi connectivity index (χ0n) is 10.7. The average Bonchev–Trinajstić information content (AvgIpc) is 2.82. The van der Waals surface area contributed by atoms with Crippen molar-refractivity contribution in [1.82, 2.24) is 10.3 Å². The van der Waals surface area contributed by atoms with E-state index in [9.17, 15) is 9.59 Å². The van der Waals surface area contributed by atoms with Gasteiger partial charge in [-0.1, -0.05) is 6.07 Å². The van der Waals surface area contributed by atoms with E-state index in [1.165, 1.54) is 23.5 Å². The normalized spacial score (nSPS) is 10.1. The van der Waals surface area contributed by atoms with Gasteiger partial charge in [-0.15, -0.1) is 11.3 Å². The Bertz CT molecular complexity index is 639. The summed E-state index contributed by atoms with van der Waals surface area (Å²) in [5, 5.41) is 16.9. The summed E-state index contributed by atoms with van der Waals surface area (Å²) >= 11 is 1.52. The molecule has 0 fully saturated rings. The fourth-order valence-electron chi connectivity index (χ4n) is 1.57. The summed E-state index contributed by atoms with van der Waals surface area (Å²) in [7, 11) is 0. The van der Waals surface area contributed by atoms with Gasteiger partial charge in [-0.25, -0.2) is 14.6 Å². The second-order valence-corrected chi connectivity index (χ2v) is 5.11. The van der Waals surface area contributed by atoms with Crippen molar-refractivity contribution < 1.29 is 14.7 Å². The number of aromatic nitrogens is 1. The van der Waals surface area contributed by atoms with Crippen LogP contribution in [0.2, 0.25) is 0 Å². The predicted molar refractivity (Wildman–Crippen MR) is 76.1 cm³/mol. The lowest BCUT2D eigenvalue weighted by Gasteiger charge is -2.07. The van der Waals surface area contributed by atoms with Crippen molar-refractivity contribution in [3.63, 3.8) is 0 Å². The molecule has 0 bridgehead atoms. The molecule has 0 spiro atoms. The number of carboxylic acids is 1. The van der Waals surface area contributed by atoms with Crippen LogP contribution >= 0.6 is 11.3 Å². The van der Waals surface area contributed by atoms with Gasteiger partial charge in [0, 0.05) is 11.1 Å². The van der Waals surface area contributed by atoms with Crippen molar-refractivity contribution in [3.8, 4) is 0 Å². The zero-order chi connectivity index (χ0) is 14.5. The molecule has 0 saturated heterocycles. The first-order valence-corrected chi connectivity index (χ1v) is 6.72. The molecule has 0 unspecified atom stereocenters. The number of hydrogen-bond acceptors (Lipinski definition) is 4. The topological polar surface area (TPSA) is 91.3 Å². The summed E-state index contributed by atoms with van der Waals surface area (Å²) < 4.78 is 0. The van der Waals surface area contributed by atoms with E-state index in [-0.39, 0.29) is 5.56 Å². The molecule has 2 aromatic rings. The summed E-state index contributed by atoms with van der Waals surface area (Å²) in [4.78, 5) is 26.7. The Morgan fingerprint density at radius 2 is 2.20 bits per heavy atom. The maximum Gasteiger partial charge on any atom is 0.335 e. The van der Waals surface area contributed by atoms with E-state index in [0.717, 1.165) is 10.7 Å². The van der Waals surface area contributed by atoms with Gasteiger partial charge < -0.3 is 15.7 Å². The minimum absolute atomic E-state index is 0.123. The van der Waals surface area contributed by atoms with Crippen LogP contribution < -0.4 is 10.6 Å². The van der Waals surface area contributed by atoms with E-state index in [2.05, 4.69) is 15.6 Å². The lowest BCUT2D eigenvalue weighted by molar-refractivity contribution is 0.0697. The highest BCUT2D eigenvalue weighted by Crippen LogP contribution is 2.11. The maximum atomic E-state index is 11.7. The van der Waals surface area contributed by atoms with E-state index < -0.39 is 12.0 Å². The van der Waals surface area contributed by atoms with Crippen molar-refractivity contribution >= 4 is 29.0 Å². The van der Waals surface area contributed by atoms with E-state index >= 15 is 0 Å². The number of aromatic carboxylic acids is 1. The third kappa shape index (κ3) is 3.79. The number of hydrogen-bond donors (Lipinski definition) is 3. The molecule has 0 aliphatic carbocycles. The number of nitrogens with one attached hydrogen (secondary N) is 2. The maximum absolute atomic E-state index is 11.7. The van der Waals surface area contributed by atoms with Gasteiger partial charge in [0.1, 0.15) is 0 Å². The SMILES string of the molecule is Cc1nc(CNC(=O)Nc2cccc(C(=O)O)c2)cs1. The monoisotopic (exact) mass is 291 g/mol. The molecule has 2 amide bonds. The van der Waals surface area contributed by atoms with Crippen molar-refractivity contribution in [2.24, 2.45) is 0 Å². The van der Waals surface area contributed by atoms with Crippen LogP contribution in [0.3, 0.4) is 0 Å². The molecule has 0 aliphatic heterocycles. The number of carbonyl (C=O) groups excluding carboxylic acids is 1. The molecule has 0 radical (unpaired) electrons.